The molecule has 4 nitrogen and oxygen atoms in total. The molecule has 0 spiro atoms. The highest BCUT2D eigenvalue weighted by Crippen LogP contribution is 2.42. The average Bonchev–Trinajstić information content (AvgIpc) is 3.08. The number of benzene rings is 2. The summed E-state index contributed by atoms with van der Waals surface area (Å²) in [6.07, 6.45) is -3.94. The number of hydrogen-bond donors (Lipinski definition) is 0. The zero-order valence-electron chi connectivity index (χ0n) is 16.1. The highest BCUT2D eigenvalue weighted by atomic mass is 35.5. The molecule has 1 amide bonds. The standard InChI is InChI=1S/C22H14ClF3N2O2S/c1-28(17-4-3-14(10-16(17)23)22(24,25)26)21(29)19-9-13-6-7-30-18-5-2-12(11-27)8-15(18)20(13)31-19/h2-5,8-10H,6-7H2,1H3. The lowest BCUT2D eigenvalue weighted by atomic mass is 10.1. The van der Waals surface area contributed by atoms with Crippen LogP contribution in [-0.2, 0) is 12.6 Å². The van der Waals surface area contributed by atoms with E-state index < -0.39 is 17.6 Å². The van der Waals surface area contributed by atoms with Crippen molar-refractivity contribution in [3.63, 3.8) is 0 Å². The third-order valence-electron chi connectivity index (χ3n) is 4.94. The highest BCUT2D eigenvalue weighted by molar-refractivity contribution is 7.17. The molecule has 0 fully saturated rings. The first-order valence-electron chi connectivity index (χ1n) is 9.14. The summed E-state index contributed by atoms with van der Waals surface area (Å²) in [5, 5.41) is 9.05. The molecular weight excluding hydrogens is 449 g/mol. The lowest BCUT2D eigenvalue weighted by molar-refractivity contribution is -0.137. The minimum Gasteiger partial charge on any atom is -0.493 e. The SMILES string of the molecule is CN(C(=O)c1cc2c(s1)-c1cc(C#N)ccc1OCC2)c1ccc(C(F)(F)F)cc1Cl. The predicted molar refractivity (Wildman–Crippen MR) is 113 cm³/mol. The summed E-state index contributed by atoms with van der Waals surface area (Å²) in [7, 11) is 1.46. The zero-order chi connectivity index (χ0) is 22.3. The van der Waals surface area contributed by atoms with Gasteiger partial charge < -0.3 is 9.64 Å². The van der Waals surface area contributed by atoms with Gasteiger partial charge in [-0.05, 0) is 48.0 Å². The lowest BCUT2D eigenvalue weighted by Crippen LogP contribution is -2.25. The number of fused-ring (bicyclic) bond motifs is 3. The van der Waals surface area contributed by atoms with E-state index in [1.165, 1.54) is 29.4 Å². The maximum atomic E-state index is 13.1. The van der Waals surface area contributed by atoms with E-state index in [2.05, 4.69) is 6.07 Å². The van der Waals surface area contributed by atoms with Crippen LogP contribution in [0.15, 0.2) is 42.5 Å². The summed E-state index contributed by atoms with van der Waals surface area (Å²) in [6.45, 7) is 0.427. The Morgan fingerprint density at radius 2 is 2.00 bits per heavy atom. The first-order chi connectivity index (χ1) is 14.7. The molecule has 1 aromatic heterocycles. The monoisotopic (exact) mass is 462 g/mol. The number of hydrogen-bond acceptors (Lipinski definition) is 4. The van der Waals surface area contributed by atoms with Crippen LogP contribution in [0.5, 0.6) is 5.75 Å². The third-order valence-corrected chi connectivity index (χ3v) is 6.44. The van der Waals surface area contributed by atoms with Crippen molar-refractivity contribution in [3.8, 4) is 22.3 Å². The third kappa shape index (κ3) is 3.99. The first-order valence-corrected chi connectivity index (χ1v) is 10.3. The van der Waals surface area contributed by atoms with Crippen LogP contribution in [0.3, 0.4) is 0 Å². The molecule has 2 aromatic carbocycles. The second-order valence-corrected chi connectivity index (χ2v) is 8.37. The Morgan fingerprint density at radius 1 is 1.23 bits per heavy atom. The van der Waals surface area contributed by atoms with Crippen LogP contribution < -0.4 is 9.64 Å². The van der Waals surface area contributed by atoms with Gasteiger partial charge in [0.05, 0.1) is 39.4 Å². The molecule has 158 valence electrons. The van der Waals surface area contributed by atoms with Crippen molar-refractivity contribution in [2.75, 3.05) is 18.6 Å². The molecule has 3 aromatic rings. The predicted octanol–water partition coefficient (Wildman–Crippen LogP) is 6.17. The molecule has 0 radical (unpaired) electrons. The van der Waals surface area contributed by atoms with Crippen LogP contribution >= 0.6 is 22.9 Å². The van der Waals surface area contributed by atoms with E-state index >= 15 is 0 Å². The van der Waals surface area contributed by atoms with Crippen LogP contribution in [0.25, 0.3) is 10.4 Å². The van der Waals surface area contributed by atoms with Crippen molar-refractivity contribution in [3.05, 3.63) is 69.1 Å². The molecule has 0 unspecified atom stereocenters. The van der Waals surface area contributed by atoms with Crippen molar-refractivity contribution < 1.29 is 22.7 Å². The van der Waals surface area contributed by atoms with E-state index in [1.807, 2.05) is 0 Å². The van der Waals surface area contributed by atoms with Gasteiger partial charge >= 0.3 is 6.18 Å². The van der Waals surface area contributed by atoms with Gasteiger partial charge in [-0.3, -0.25) is 4.79 Å². The van der Waals surface area contributed by atoms with Crippen LogP contribution in [0.4, 0.5) is 18.9 Å². The fourth-order valence-corrected chi connectivity index (χ4v) is 4.87. The van der Waals surface area contributed by atoms with E-state index in [0.717, 1.165) is 28.1 Å². The molecule has 1 aliphatic heterocycles. The normalized spacial score (nSPS) is 12.8. The molecule has 0 bridgehead atoms. The van der Waals surface area contributed by atoms with Gasteiger partial charge in [0.2, 0.25) is 0 Å². The molecule has 2 heterocycles. The second-order valence-electron chi connectivity index (χ2n) is 6.91. The van der Waals surface area contributed by atoms with E-state index in [0.29, 0.717) is 29.2 Å². The van der Waals surface area contributed by atoms with Crippen LogP contribution in [0, 0.1) is 11.3 Å². The van der Waals surface area contributed by atoms with E-state index in [4.69, 9.17) is 16.3 Å². The van der Waals surface area contributed by atoms with Gasteiger partial charge in [-0.15, -0.1) is 11.3 Å². The number of nitriles is 1. The quantitative estimate of drug-likeness (QED) is 0.457. The Balaban J connectivity index is 1.69. The van der Waals surface area contributed by atoms with Crippen molar-refractivity contribution >= 4 is 34.5 Å². The summed E-state index contributed by atoms with van der Waals surface area (Å²) < 4.78 is 44.4. The summed E-state index contributed by atoms with van der Waals surface area (Å²) in [6, 6.07) is 11.9. The van der Waals surface area contributed by atoms with Crippen molar-refractivity contribution in [2.24, 2.45) is 0 Å². The molecule has 0 saturated heterocycles. The molecule has 4 rings (SSSR count). The molecule has 0 atom stereocenters. The topological polar surface area (TPSA) is 53.3 Å². The maximum Gasteiger partial charge on any atom is 0.416 e. The number of carbonyl (C=O) groups is 1. The molecule has 0 aliphatic carbocycles. The van der Waals surface area contributed by atoms with Gasteiger partial charge in [0.1, 0.15) is 5.75 Å². The summed E-state index contributed by atoms with van der Waals surface area (Å²) in [5.74, 6) is 0.247. The lowest BCUT2D eigenvalue weighted by Gasteiger charge is -2.19. The summed E-state index contributed by atoms with van der Waals surface area (Å²) >= 11 is 7.30. The van der Waals surface area contributed by atoms with Crippen LogP contribution in [-0.4, -0.2) is 19.6 Å². The molecule has 0 saturated carbocycles. The Hall–Kier alpha value is -3.02. The summed E-state index contributed by atoms with van der Waals surface area (Å²) in [4.78, 5) is 15.6. The highest BCUT2D eigenvalue weighted by Gasteiger charge is 2.32. The number of thiophene rings is 1. The van der Waals surface area contributed by atoms with Crippen molar-refractivity contribution in [1.29, 1.82) is 5.26 Å². The number of ether oxygens (including phenoxy) is 1. The molecular formula is C22H14ClF3N2O2S. The van der Waals surface area contributed by atoms with Gasteiger partial charge in [-0.1, -0.05) is 11.6 Å². The Labute approximate surface area is 185 Å². The second kappa shape index (κ2) is 7.91. The number of rotatable bonds is 2. The number of alkyl halides is 3. The maximum absolute atomic E-state index is 13.1. The van der Waals surface area contributed by atoms with E-state index in [-0.39, 0.29) is 10.7 Å². The number of halogens is 4. The van der Waals surface area contributed by atoms with Gasteiger partial charge in [-0.25, -0.2) is 0 Å². The van der Waals surface area contributed by atoms with E-state index in [9.17, 15) is 23.2 Å². The fourth-order valence-electron chi connectivity index (χ4n) is 3.35. The smallest absolute Gasteiger partial charge is 0.416 e. The number of amides is 1. The van der Waals surface area contributed by atoms with Crippen LogP contribution in [0.2, 0.25) is 5.02 Å². The Morgan fingerprint density at radius 3 is 2.68 bits per heavy atom. The number of anilines is 1. The van der Waals surface area contributed by atoms with Crippen molar-refractivity contribution in [1.82, 2.24) is 0 Å². The van der Waals surface area contributed by atoms with Crippen molar-refractivity contribution in [2.45, 2.75) is 12.6 Å². The Kier molecular flexibility index (Phi) is 5.42. The van der Waals surface area contributed by atoms with Gasteiger partial charge in [0.15, 0.2) is 0 Å². The number of nitrogens with zero attached hydrogens (tertiary/aromatic N) is 2. The van der Waals surface area contributed by atoms with E-state index in [1.54, 1.807) is 24.3 Å². The molecule has 1 aliphatic rings. The molecule has 9 heteroatoms. The average molecular weight is 463 g/mol. The van der Waals surface area contributed by atoms with Gasteiger partial charge in [0.25, 0.3) is 5.91 Å². The molecule has 31 heavy (non-hydrogen) atoms. The van der Waals surface area contributed by atoms with Gasteiger partial charge in [0, 0.05) is 23.9 Å². The molecule has 0 N–H and O–H groups in total. The van der Waals surface area contributed by atoms with Gasteiger partial charge in [-0.2, -0.15) is 18.4 Å². The summed E-state index contributed by atoms with van der Waals surface area (Å²) in [5.41, 5.74) is 1.43. The van der Waals surface area contributed by atoms with Crippen LogP contribution in [0.1, 0.15) is 26.4 Å². The fraction of sp³-hybridized carbons (Fsp3) is 0.182. The largest absolute Gasteiger partial charge is 0.493 e. The minimum atomic E-state index is -4.52. The zero-order valence-corrected chi connectivity index (χ0v) is 17.7. The first kappa shape index (κ1) is 21.2. The Bertz CT molecular complexity index is 1230. The minimum absolute atomic E-state index is 0.166. The number of carbonyl (C=O) groups excluding carboxylic acids is 1.